The Morgan fingerprint density at radius 1 is 1.29 bits per heavy atom. The van der Waals surface area contributed by atoms with Crippen LogP contribution >= 0.6 is 11.6 Å². The molecule has 0 aliphatic heterocycles. The lowest BCUT2D eigenvalue weighted by atomic mass is 9.96. The summed E-state index contributed by atoms with van der Waals surface area (Å²) in [5.41, 5.74) is -3.16. The second-order valence-corrected chi connectivity index (χ2v) is 7.41. The second kappa shape index (κ2) is 5.45. The highest BCUT2D eigenvalue weighted by atomic mass is 35.5. The minimum atomic E-state index is -4.72. The van der Waals surface area contributed by atoms with E-state index in [4.69, 9.17) is 11.6 Å². The van der Waals surface area contributed by atoms with E-state index in [-0.39, 0.29) is 5.02 Å². The van der Waals surface area contributed by atoms with Gasteiger partial charge in [-0.2, -0.15) is 13.2 Å². The first-order chi connectivity index (χ1) is 9.28. The maximum atomic E-state index is 12.8. The van der Waals surface area contributed by atoms with Gasteiger partial charge >= 0.3 is 6.18 Å². The fraction of sp³-hybridized carbons (Fsp3) is 0.455. The van der Waals surface area contributed by atoms with Gasteiger partial charge in [0.15, 0.2) is 9.84 Å². The molecular formula is C11H11ClF3NO4S. The van der Waals surface area contributed by atoms with Crippen LogP contribution in [0, 0.1) is 15.5 Å². The van der Waals surface area contributed by atoms with Crippen LogP contribution in [0.25, 0.3) is 0 Å². The van der Waals surface area contributed by atoms with Gasteiger partial charge in [-0.15, -0.1) is 0 Å². The molecule has 1 aromatic carbocycles. The molecule has 0 spiro atoms. The zero-order valence-corrected chi connectivity index (χ0v) is 12.5. The van der Waals surface area contributed by atoms with Crippen LogP contribution in [0.3, 0.4) is 0 Å². The Morgan fingerprint density at radius 3 is 2.24 bits per heavy atom. The SMILES string of the molecule is CC(C)(CS(=O)(=O)c1ccc(Cl)c([N+](=O)[O-])c1)C(F)(F)F. The van der Waals surface area contributed by atoms with Crippen LogP contribution in [-0.2, 0) is 9.84 Å². The summed E-state index contributed by atoms with van der Waals surface area (Å²) in [7, 11) is -4.36. The van der Waals surface area contributed by atoms with Crippen molar-refractivity contribution in [3.05, 3.63) is 33.3 Å². The van der Waals surface area contributed by atoms with Crippen molar-refractivity contribution >= 4 is 27.1 Å². The lowest BCUT2D eigenvalue weighted by Gasteiger charge is -2.27. The molecule has 118 valence electrons. The molecule has 1 rings (SSSR count). The van der Waals surface area contributed by atoms with E-state index in [9.17, 15) is 31.7 Å². The maximum Gasteiger partial charge on any atom is 0.394 e. The van der Waals surface area contributed by atoms with Gasteiger partial charge in [-0.05, 0) is 12.1 Å². The van der Waals surface area contributed by atoms with Gasteiger partial charge in [0.25, 0.3) is 5.69 Å². The highest BCUT2D eigenvalue weighted by Crippen LogP contribution is 2.40. The quantitative estimate of drug-likeness (QED) is 0.617. The molecule has 0 amide bonds. The molecule has 0 saturated carbocycles. The van der Waals surface area contributed by atoms with E-state index < -0.39 is 42.7 Å². The molecule has 0 aliphatic carbocycles. The molecule has 21 heavy (non-hydrogen) atoms. The zero-order chi connectivity index (χ0) is 16.6. The van der Waals surface area contributed by atoms with Crippen LogP contribution < -0.4 is 0 Å². The van der Waals surface area contributed by atoms with Gasteiger partial charge in [-0.1, -0.05) is 25.4 Å². The van der Waals surface area contributed by atoms with Crippen LogP contribution in [0.4, 0.5) is 18.9 Å². The number of alkyl halides is 3. The molecule has 0 N–H and O–H groups in total. The highest BCUT2D eigenvalue weighted by molar-refractivity contribution is 7.91. The van der Waals surface area contributed by atoms with Gasteiger partial charge in [0, 0.05) is 6.07 Å². The van der Waals surface area contributed by atoms with Gasteiger partial charge in [0.2, 0.25) is 0 Å². The fourth-order valence-corrected chi connectivity index (χ4v) is 3.50. The van der Waals surface area contributed by atoms with Crippen LogP contribution in [0.1, 0.15) is 13.8 Å². The number of halogens is 4. The first-order valence-electron chi connectivity index (χ1n) is 5.51. The molecule has 0 fully saturated rings. The summed E-state index contributed by atoms with van der Waals surface area (Å²) in [5.74, 6) is -1.22. The van der Waals surface area contributed by atoms with E-state index in [2.05, 4.69) is 0 Å². The summed E-state index contributed by atoms with van der Waals surface area (Å²) in [5, 5.41) is 10.4. The van der Waals surface area contributed by atoms with Crippen molar-refractivity contribution in [1.29, 1.82) is 0 Å². The van der Waals surface area contributed by atoms with Gasteiger partial charge in [-0.25, -0.2) is 8.42 Å². The predicted molar refractivity (Wildman–Crippen MR) is 70.0 cm³/mol. The Kier molecular flexibility index (Phi) is 4.59. The largest absolute Gasteiger partial charge is 0.394 e. The van der Waals surface area contributed by atoms with Crippen LogP contribution in [0.5, 0.6) is 0 Å². The van der Waals surface area contributed by atoms with Crippen LogP contribution in [0.15, 0.2) is 23.1 Å². The number of nitrogens with zero attached hydrogens (tertiary/aromatic N) is 1. The number of sulfone groups is 1. The Labute approximate surface area is 123 Å². The molecule has 5 nitrogen and oxygen atoms in total. The molecule has 0 aromatic heterocycles. The predicted octanol–water partition coefficient (Wildman–Crippen LogP) is 3.61. The Hall–Kier alpha value is -1.35. The number of nitro groups is 1. The Bertz CT molecular complexity index is 671. The topological polar surface area (TPSA) is 77.3 Å². The average Bonchev–Trinajstić information content (AvgIpc) is 2.25. The lowest BCUT2D eigenvalue weighted by molar-refractivity contribution is -0.384. The van der Waals surface area contributed by atoms with Gasteiger partial charge in [0.1, 0.15) is 5.02 Å². The van der Waals surface area contributed by atoms with Gasteiger partial charge < -0.3 is 0 Å². The molecule has 0 saturated heterocycles. The third kappa shape index (κ3) is 3.85. The molecular weight excluding hydrogens is 335 g/mol. The maximum absolute atomic E-state index is 12.8. The van der Waals surface area contributed by atoms with Crippen molar-refractivity contribution in [2.75, 3.05) is 5.75 Å². The van der Waals surface area contributed by atoms with Crippen molar-refractivity contribution in [3.8, 4) is 0 Å². The van der Waals surface area contributed by atoms with E-state index in [1.807, 2.05) is 0 Å². The van der Waals surface area contributed by atoms with E-state index in [0.29, 0.717) is 6.07 Å². The number of hydrogen-bond donors (Lipinski definition) is 0. The third-order valence-corrected chi connectivity index (χ3v) is 5.19. The van der Waals surface area contributed by atoms with E-state index in [0.717, 1.165) is 26.0 Å². The molecule has 0 unspecified atom stereocenters. The van der Waals surface area contributed by atoms with E-state index in [1.54, 1.807) is 0 Å². The first-order valence-corrected chi connectivity index (χ1v) is 7.54. The molecule has 0 atom stereocenters. The fourth-order valence-electron chi connectivity index (χ4n) is 1.47. The number of rotatable bonds is 4. The molecule has 0 bridgehead atoms. The summed E-state index contributed by atoms with van der Waals surface area (Å²) >= 11 is 5.53. The lowest BCUT2D eigenvalue weighted by Crippen LogP contribution is -2.38. The van der Waals surface area contributed by atoms with Gasteiger partial charge in [-0.3, -0.25) is 10.1 Å². The van der Waals surface area contributed by atoms with Gasteiger partial charge in [0.05, 0.1) is 21.0 Å². The summed E-state index contributed by atoms with van der Waals surface area (Å²) < 4.78 is 62.3. The Balaban J connectivity index is 3.27. The van der Waals surface area contributed by atoms with Crippen molar-refractivity contribution < 1.29 is 26.5 Å². The normalized spacial score (nSPS) is 13.2. The monoisotopic (exact) mass is 345 g/mol. The number of benzene rings is 1. The number of nitro benzene ring substituents is 1. The summed E-state index contributed by atoms with van der Waals surface area (Å²) in [6.07, 6.45) is -4.72. The molecule has 1 aromatic rings. The Morgan fingerprint density at radius 2 is 1.81 bits per heavy atom. The highest BCUT2D eigenvalue weighted by Gasteiger charge is 2.50. The minimum Gasteiger partial charge on any atom is -0.258 e. The second-order valence-electron chi connectivity index (χ2n) is 5.01. The van der Waals surface area contributed by atoms with Crippen molar-refractivity contribution in [3.63, 3.8) is 0 Å². The summed E-state index contributed by atoms with van der Waals surface area (Å²) in [6, 6.07) is 2.56. The first kappa shape index (κ1) is 17.7. The van der Waals surface area contributed by atoms with E-state index in [1.165, 1.54) is 0 Å². The van der Waals surface area contributed by atoms with Crippen molar-refractivity contribution in [2.24, 2.45) is 5.41 Å². The third-order valence-electron chi connectivity index (χ3n) is 2.79. The molecule has 0 aliphatic rings. The summed E-state index contributed by atoms with van der Waals surface area (Å²) in [6.45, 7) is 1.49. The zero-order valence-electron chi connectivity index (χ0n) is 10.9. The molecule has 0 radical (unpaired) electrons. The minimum absolute atomic E-state index is 0.297. The average molecular weight is 346 g/mol. The smallest absolute Gasteiger partial charge is 0.258 e. The number of hydrogen-bond acceptors (Lipinski definition) is 4. The van der Waals surface area contributed by atoms with Crippen LogP contribution in [0.2, 0.25) is 5.02 Å². The van der Waals surface area contributed by atoms with Crippen LogP contribution in [-0.4, -0.2) is 25.3 Å². The summed E-state index contributed by atoms with van der Waals surface area (Å²) in [4.78, 5) is 9.21. The van der Waals surface area contributed by atoms with E-state index >= 15 is 0 Å². The molecule has 10 heteroatoms. The standard InChI is InChI=1S/C11H11ClF3NO4S/c1-10(2,11(13,14)15)6-21(19,20)7-3-4-8(12)9(5-7)16(17)18/h3-5H,6H2,1-2H3. The van der Waals surface area contributed by atoms with Crippen molar-refractivity contribution in [2.45, 2.75) is 24.9 Å². The molecule has 0 heterocycles. The van der Waals surface area contributed by atoms with Crippen molar-refractivity contribution in [1.82, 2.24) is 0 Å².